The van der Waals surface area contributed by atoms with Crippen LogP contribution in [-0.2, 0) is 4.74 Å². The van der Waals surface area contributed by atoms with Gasteiger partial charge < -0.3 is 9.47 Å². The van der Waals surface area contributed by atoms with Crippen molar-refractivity contribution in [2.24, 2.45) is 5.84 Å². The van der Waals surface area contributed by atoms with Gasteiger partial charge in [-0.2, -0.15) is 0 Å². The van der Waals surface area contributed by atoms with Gasteiger partial charge in [-0.15, -0.1) is 0 Å². The third kappa shape index (κ3) is 3.77. The molecule has 3 N–H and O–H groups in total. The summed E-state index contributed by atoms with van der Waals surface area (Å²) >= 11 is 0. The standard InChI is InChI=1S/C11H19N3O2/c1-8(2)16-7-11(14-12)9-4-10(15-3)6-13-5-9/h4-6,8,11,14H,7,12H2,1-3H3. The Morgan fingerprint density at radius 3 is 2.75 bits per heavy atom. The average molecular weight is 225 g/mol. The predicted molar refractivity (Wildman–Crippen MR) is 61.9 cm³/mol. The van der Waals surface area contributed by atoms with E-state index in [-0.39, 0.29) is 12.1 Å². The number of ether oxygens (including phenoxy) is 2. The van der Waals surface area contributed by atoms with E-state index >= 15 is 0 Å². The van der Waals surface area contributed by atoms with E-state index in [1.807, 2.05) is 19.9 Å². The molecule has 0 spiro atoms. The molecular formula is C11H19N3O2. The molecule has 0 amide bonds. The van der Waals surface area contributed by atoms with Gasteiger partial charge in [-0.3, -0.25) is 16.3 Å². The van der Waals surface area contributed by atoms with Crippen molar-refractivity contribution in [1.29, 1.82) is 0 Å². The lowest BCUT2D eigenvalue weighted by molar-refractivity contribution is 0.0610. The number of nitrogens with two attached hydrogens (primary N) is 1. The molecule has 0 saturated carbocycles. The van der Waals surface area contributed by atoms with Gasteiger partial charge in [0, 0.05) is 6.20 Å². The van der Waals surface area contributed by atoms with Gasteiger partial charge in [0.25, 0.3) is 0 Å². The molecule has 0 bridgehead atoms. The molecule has 90 valence electrons. The molecule has 1 aromatic heterocycles. The van der Waals surface area contributed by atoms with Crippen LogP contribution in [0.1, 0.15) is 25.5 Å². The van der Waals surface area contributed by atoms with Gasteiger partial charge in [0.2, 0.25) is 0 Å². The quantitative estimate of drug-likeness (QED) is 0.559. The third-order valence-corrected chi connectivity index (χ3v) is 2.17. The van der Waals surface area contributed by atoms with E-state index in [1.54, 1.807) is 19.5 Å². The number of pyridine rings is 1. The summed E-state index contributed by atoms with van der Waals surface area (Å²) in [6.07, 6.45) is 3.58. The normalized spacial score (nSPS) is 12.8. The van der Waals surface area contributed by atoms with Crippen molar-refractivity contribution in [2.75, 3.05) is 13.7 Å². The summed E-state index contributed by atoms with van der Waals surface area (Å²) < 4.78 is 10.6. The average Bonchev–Trinajstić information content (AvgIpc) is 2.30. The molecule has 0 aliphatic rings. The second-order valence-corrected chi connectivity index (χ2v) is 3.76. The maximum atomic E-state index is 5.51. The number of hydrogen-bond donors (Lipinski definition) is 2. The number of nitrogens with zero attached hydrogens (tertiary/aromatic N) is 1. The summed E-state index contributed by atoms with van der Waals surface area (Å²) in [5, 5.41) is 0. The molecule has 5 nitrogen and oxygen atoms in total. The highest BCUT2D eigenvalue weighted by Crippen LogP contribution is 2.17. The zero-order valence-electron chi connectivity index (χ0n) is 9.93. The fourth-order valence-electron chi connectivity index (χ4n) is 1.27. The first-order valence-electron chi connectivity index (χ1n) is 5.24. The maximum absolute atomic E-state index is 5.51. The van der Waals surface area contributed by atoms with Crippen LogP contribution in [0.3, 0.4) is 0 Å². The van der Waals surface area contributed by atoms with Crippen molar-refractivity contribution in [1.82, 2.24) is 10.4 Å². The van der Waals surface area contributed by atoms with Crippen molar-refractivity contribution in [3.8, 4) is 5.75 Å². The first-order chi connectivity index (χ1) is 7.67. The summed E-state index contributed by atoms with van der Waals surface area (Å²) in [5.74, 6) is 6.19. The van der Waals surface area contributed by atoms with Crippen LogP contribution in [0.2, 0.25) is 0 Å². The smallest absolute Gasteiger partial charge is 0.137 e. The number of nitrogens with one attached hydrogen (secondary N) is 1. The van der Waals surface area contributed by atoms with Crippen LogP contribution >= 0.6 is 0 Å². The number of rotatable bonds is 6. The van der Waals surface area contributed by atoms with Crippen LogP contribution in [-0.4, -0.2) is 24.8 Å². The number of methoxy groups -OCH3 is 1. The fraction of sp³-hybridized carbons (Fsp3) is 0.545. The minimum Gasteiger partial charge on any atom is -0.495 e. The van der Waals surface area contributed by atoms with E-state index in [0.29, 0.717) is 12.4 Å². The first-order valence-corrected chi connectivity index (χ1v) is 5.24. The maximum Gasteiger partial charge on any atom is 0.137 e. The van der Waals surface area contributed by atoms with Gasteiger partial charge in [-0.05, 0) is 25.5 Å². The molecule has 0 radical (unpaired) electrons. The van der Waals surface area contributed by atoms with Gasteiger partial charge >= 0.3 is 0 Å². The summed E-state index contributed by atoms with van der Waals surface area (Å²) in [6.45, 7) is 4.47. The zero-order chi connectivity index (χ0) is 12.0. The van der Waals surface area contributed by atoms with Crippen LogP contribution in [0.25, 0.3) is 0 Å². The fourth-order valence-corrected chi connectivity index (χ4v) is 1.27. The van der Waals surface area contributed by atoms with Crippen LogP contribution < -0.4 is 16.0 Å². The topological polar surface area (TPSA) is 69.4 Å². The Morgan fingerprint density at radius 1 is 1.44 bits per heavy atom. The van der Waals surface area contributed by atoms with Gasteiger partial charge in [-0.25, -0.2) is 0 Å². The second-order valence-electron chi connectivity index (χ2n) is 3.76. The lowest BCUT2D eigenvalue weighted by Gasteiger charge is -2.18. The van der Waals surface area contributed by atoms with Gasteiger partial charge in [0.05, 0.1) is 32.1 Å². The Kier molecular flexibility index (Phi) is 5.18. The van der Waals surface area contributed by atoms with Crippen LogP contribution in [0.5, 0.6) is 5.75 Å². The molecule has 1 heterocycles. The molecule has 0 aliphatic heterocycles. The molecule has 1 atom stereocenters. The van der Waals surface area contributed by atoms with E-state index in [4.69, 9.17) is 15.3 Å². The SMILES string of the molecule is COc1cncc(C(COC(C)C)NN)c1. The monoisotopic (exact) mass is 225 g/mol. The number of hydrogen-bond acceptors (Lipinski definition) is 5. The highest BCUT2D eigenvalue weighted by atomic mass is 16.5. The molecule has 1 unspecified atom stereocenters. The van der Waals surface area contributed by atoms with Crippen LogP contribution in [0.4, 0.5) is 0 Å². The third-order valence-electron chi connectivity index (χ3n) is 2.17. The molecule has 0 aromatic carbocycles. The molecule has 5 heteroatoms. The molecule has 1 aromatic rings. The minimum atomic E-state index is -0.0787. The largest absolute Gasteiger partial charge is 0.495 e. The highest BCUT2D eigenvalue weighted by Gasteiger charge is 2.11. The van der Waals surface area contributed by atoms with Crippen molar-refractivity contribution >= 4 is 0 Å². The minimum absolute atomic E-state index is 0.0787. The molecule has 1 rings (SSSR count). The summed E-state index contributed by atoms with van der Waals surface area (Å²) in [7, 11) is 1.61. The van der Waals surface area contributed by atoms with Crippen LogP contribution in [0, 0.1) is 0 Å². The predicted octanol–water partition coefficient (Wildman–Crippen LogP) is 1.02. The number of hydrazine groups is 1. The molecule has 16 heavy (non-hydrogen) atoms. The summed E-state index contributed by atoms with van der Waals surface area (Å²) in [5.41, 5.74) is 3.65. The van der Waals surface area contributed by atoms with E-state index in [1.165, 1.54) is 0 Å². The lowest BCUT2D eigenvalue weighted by atomic mass is 10.1. The lowest BCUT2D eigenvalue weighted by Crippen LogP contribution is -2.32. The zero-order valence-corrected chi connectivity index (χ0v) is 9.93. The molecule has 0 aliphatic carbocycles. The Labute approximate surface area is 95.9 Å². The van der Waals surface area contributed by atoms with Crippen molar-refractivity contribution in [2.45, 2.75) is 26.0 Å². The second kappa shape index (κ2) is 6.42. The van der Waals surface area contributed by atoms with E-state index in [2.05, 4.69) is 10.4 Å². The van der Waals surface area contributed by atoms with Gasteiger partial charge in [0.1, 0.15) is 5.75 Å². The van der Waals surface area contributed by atoms with Crippen molar-refractivity contribution in [3.05, 3.63) is 24.0 Å². The van der Waals surface area contributed by atoms with Crippen molar-refractivity contribution in [3.63, 3.8) is 0 Å². The van der Waals surface area contributed by atoms with Gasteiger partial charge in [-0.1, -0.05) is 0 Å². The Morgan fingerprint density at radius 2 is 2.19 bits per heavy atom. The summed E-state index contributed by atoms with van der Waals surface area (Å²) in [4.78, 5) is 4.08. The van der Waals surface area contributed by atoms with E-state index in [0.717, 1.165) is 5.56 Å². The Balaban J connectivity index is 2.70. The van der Waals surface area contributed by atoms with Crippen molar-refractivity contribution < 1.29 is 9.47 Å². The highest BCUT2D eigenvalue weighted by molar-refractivity contribution is 5.25. The molecular weight excluding hydrogens is 206 g/mol. The van der Waals surface area contributed by atoms with Crippen LogP contribution in [0.15, 0.2) is 18.5 Å². The molecule has 0 saturated heterocycles. The molecule has 0 fully saturated rings. The van der Waals surface area contributed by atoms with E-state index < -0.39 is 0 Å². The first kappa shape index (κ1) is 12.9. The summed E-state index contributed by atoms with van der Waals surface area (Å²) in [6, 6.07) is 1.81. The Bertz CT molecular complexity index is 318. The van der Waals surface area contributed by atoms with Gasteiger partial charge in [0.15, 0.2) is 0 Å². The number of aromatic nitrogens is 1. The van der Waals surface area contributed by atoms with E-state index in [9.17, 15) is 0 Å². The Hall–Kier alpha value is -1.17.